The zero-order valence-electron chi connectivity index (χ0n) is 21.4. The van der Waals surface area contributed by atoms with E-state index in [0.717, 1.165) is 39.3 Å². The molecular weight excluding hydrogens is 600 g/mol. The van der Waals surface area contributed by atoms with Crippen LogP contribution in [0.25, 0.3) is 0 Å². The average Bonchev–Trinajstić information content (AvgIpc) is 3.43. The molecule has 0 unspecified atom stereocenters. The van der Waals surface area contributed by atoms with Crippen LogP contribution in [0, 0.1) is 11.3 Å². The van der Waals surface area contributed by atoms with E-state index < -0.39 is 0 Å². The van der Waals surface area contributed by atoms with E-state index in [9.17, 15) is 4.79 Å². The number of thiophene rings is 1. The molecular formula is C30H28BrClN2O2S2. The topological polar surface area (TPSA) is 54.6 Å². The number of benzene rings is 2. The highest BCUT2D eigenvalue weighted by Gasteiger charge is 2.33. The van der Waals surface area contributed by atoms with Crippen LogP contribution in [0.2, 0.25) is 5.02 Å². The van der Waals surface area contributed by atoms with Gasteiger partial charge in [-0.25, -0.2) is 4.99 Å². The molecule has 4 nitrogen and oxygen atoms in total. The minimum absolute atomic E-state index is 0.146. The van der Waals surface area contributed by atoms with E-state index >= 15 is 0 Å². The highest BCUT2D eigenvalue weighted by Crippen LogP contribution is 2.45. The van der Waals surface area contributed by atoms with Gasteiger partial charge in [0.2, 0.25) is 0 Å². The Kier molecular flexibility index (Phi) is 8.19. The predicted octanol–water partition coefficient (Wildman–Crippen LogP) is 10.1. The Hall–Kier alpha value is -2.32. The molecule has 1 amide bonds. The van der Waals surface area contributed by atoms with Crippen LogP contribution in [0.4, 0.5) is 10.7 Å². The first-order chi connectivity index (χ1) is 18.2. The van der Waals surface area contributed by atoms with Crippen LogP contribution in [0.1, 0.15) is 53.8 Å². The number of fused-ring (bicyclic) bond motifs is 1. The first-order valence-electron chi connectivity index (χ1n) is 12.4. The number of halogens is 2. The fourth-order valence-corrected chi connectivity index (χ4v) is 7.33. The van der Waals surface area contributed by atoms with E-state index in [1.807, 2.05) is 48.5 Å². The van der Waals surface area contributed by atoms with Gasteiger partial charge in [0, 0.05) is 26.5 Å². The number of nitrogens with one attached hydrogen (secondary N) is 1. The van der Waals surface area contributed by atoms with Crippen molar-refractivity contribution in [3.05, 3.63) is 91.9 Å². The molecule has 0 aliphatic heterocycles. The van der Waals surface area contributed by atoms with E-state index in [1.165, 1.54) is 4.88 Å². The van der Waals surface area contributed by atoms with Crippen LogP contribution >= 0.6 is 50.6 Å². The molecule has 0 saturated carbocycles. The van der Waals surface area contributed by atoms with Crippen LogP contribution in [-0.2, 0) is 12.8 Å². The van der Waals surface area contributed by atoms with Gasteiger partial charge in [-0.2, -0.15) is 0 Å². The maximum atomic E-state index is 13.6. The first-order valence-corrected chi connectivity index (χ1v) is 15.3. The van der Waals surface area contributed by atoms with Crippen molar-refractivity contribution in [2.75, 3.05) is 5.32 Å². The summed E-state index contributed by atoms with van der Waals surface area (Å²) in [5.74, 6) is 1.04. The normalized spacial score (nSPS) is 15.6. The highest BCUT2D eigenvalue weighted by atomic mass is 79.9. The summed E-state index contributed by atoms with van der Waals surface area (Å²) in [4.78, 5) is 20.7. The Morgan fingerprint density at radius 1 is 1.18 bits per heavy atom. The number of furan rings is 1. The Morgan fingerprint density at radius 2 is 1.92 bits per heavy atom. The predicted molar refractivity (Wildman–Crippen MR) is 163 cm³/mol. The summed E-state index contributed by atoms with van der Waals surface area (Å²) in [6, 6.07) is 19.1. The summed E-state index contributed by atoms with van der Waals surface area (Å²) < 4.78 is 6.94. The van der Waals surface area contributed by atoms with Crippen molar-refractivity contribution >= 4 is 73.4 Å². The van der Waals surface area contributed by atoms with Crippen molar-refractivity contribution < 1.29 is 9.21 Å². The Morgan fingerprint density at radius 3 is 2.63 bits per heavy atom. The molecule has 1 N–H and O–H groups in total. The van der Waals surface area contributed by atoms with Crippen molar-refractivity contribution in [1.29, 1.82) is 0 Å². The van der Waals surface area contributed by atoms with Crippen molar-refractivity contribution in [3.8, 4) is 0 Å². The number of anilines is 1. The lowest BCUT2D eigenvalue weighted by Crippen LogP contribution is -2.27. The summed E-state index contributed by atoms with van der Waals surface area (Å²) in [5.41, 5.74) is 2.70. The maximum absolute atomic E-state index is 13.6. The van der Waals surface area contributed by atoms with E-state index in [1.54, 1.807) is 41.4 Å². The Balaban J connectivity index is 1.45. The van der Waals surface area contributed by atoms with Crippen molar-refractivity contribution in [2.45, 2.75) is 50.0 Å². The number of hydrogen-bond donors (Lipinski definition) is 1. The smallest absolute Gasteiger partial charge is 0.259 e. The van der Waals surface area contributed by atoms with Crippen LogP contribution in [0.5, 0.6) is 0 Å². The third-order valence-electron chi connectivity index (χ3n) is 6.74. The molecule has 5 rings (SSSR count). The van der Waals surface area contributed by atoms with E-state index in [0.29, 0.717) is 33.0 Å². The molecule has 8 heteroatoms. The molecule has 2 aromatic carbocycles. The minimum atomic E-state index is -0.146. The number of rotatable bonds is 6. The molecule has 0 fully saturated rings. The van der Waals surface area contributed by atoms with Crippen LogP contribution in [0.3, 0.4) is 0 Å². The lowest BCUT2D eigenvalue weighted by Gasteiger charge is -2.33. The van der Waals surface area contributed by atoms with Gasteiger partial charge >= 0.3 is 0 Å². The SMILES string of the molecule is CC(C)(C)[C@@H]1CCc2c(sc(N=Cc3cc(Br)c(Sc4ccccc4)o3)c2C(=O)Nc2ccc(Cl)cc2)C1. The van der Waals surface area contributed by atoms with Gasteiger partial charge in [-0.05, 0) is 88.5 Å². The lowest BCUT2D eigenvalue weighted by atomic mass is 9.72. The quantitative estimate of drug-likeness (QED) is 0.216. The maximum Gasteiger partial charge on any atom is 0.259 e. The summed E-state index contributed by atoms with van der Waals surface area (Å²) in [6.07, 6.45) is 4.60. The summed E-state index contributed by atoms with van der Waals surface area (Å²) in [7, 11) is 0. The summed E-state index contributed by atoms with van der Waals surface area (Å²) >= 11 is 12.8. The van der Waals surface area contributed by atoms with Crippen LogP contribution < -0.4 is 5.32 Å². The average molecular weight is 628 g/mol. The molecule has 1 atom stereocenters. The molecule has 1 aliphatic rings. The largest absolute Gasteiger partial charge is 0.447 e. The van der Waals surface area contributed by atoms with Gasteiger partial charge in [0.05, 0.1) is 16.3 Å². The van der Waals surface area contributed by atoms with Crippen molar-refractivity contribution in [1.82, 2.24) is 0 Å². The number of aliphatic imine (C=N–C) groups is 1. The van der Waals surface area contributed by atoms with Crippen LogP contribution in [-0.4, -0.2) is 12.1 Å². The van der Waals surface area contributed by atoms with Gasteiger partial charge in [-0.1, -0.05) is 62.3 Å². The summed E-state index contributed by atoms with van der Waals surface area (Å²) in [6.45, 7) is 6.88. The van der Waals surface area contributed by atoms with Crippen LogP contribution in [0.15, 0.2) is 84.5 Å². The zero-order valence-corrected chi connectivity index (χ0v) is 25.4. The van der Waals surface area contributed by atoms with Gasteiger partial charge in [0.15, 0.2) is 5.09 Å². The molecule has 2 heterocycles. The second-order valence-corrected chi connectivity index (χ2v) is 13.8. The second kappa shape index (κ2) is 11.4. The highest BCUT2D eigenvalue weighted by molar-refractivity contribution is 9.10. The van der Waals surface area contributed by atoms with E-state index in [2.05, 4.69) is 42.0 Å². The number of hydrogen-bond acceptors (Lipinski definition) is 5. The monoisotopic (exact) mass is 626 g/mol. The number of nitrogens with zero attached hydrogens (tertiary/aromatic N) is 1. The van der Waals surface area contributed by atoms with Gasteiger partial charge < -0.3 is 9.73 Å². The fraction of sp³-hybridized carbons (Fsp3) is 0.267. The van der Waals surface area contributed by atoms with Gasteiger partial charge in [-0.3, -0.25) is 4.79 Å². The molecule has 1 aliphatic carbocycles. The zero-order chi connectivity index (χ0) is 26.9. The molecule has 196 valence electrons. The Labute approximate surface area is 245 Å². The molecule has 2 aromatic heterocycles. The van der Waals surface area contributed by atoms with Gasteiger partial charge in [-0.15, -0.1) is 11.3 Å². The first kappa shape index (κ1) is 27.3. The van der Waals surface area contributed by atoms with Crippen molar-refractivity contribution in [2.24, 2.45) is 16.3 Å². The standard InChI is InChI=1S/C30H28BrClN2O2S2/c1-30(2,3)18-9-14-23-25(15-18)38-28(26(23)27(35)34-20-12-10-19(32)11-13-20)33-17-21-16-24(31)29(36-21)37-22-7-5-4-6-8-22/h4-8,10-13,16-18H,9,14-15H2,1-3H3,(H,34,35)/t18-/m1/s1. The third-order valence-corrected chi connectivity index (χ3v) is 10.0. The Bertz CT molecular complexity index is 1470. The van der Waals surface area contributed by atoms with E-state index in [-0.39, 0.29) is 11.3 Å². The van der Waals surface area contributed by atoms with Gasteiger partial charge in [0.1, 0.15) is 10.8 Å². The van der Waals surface area contributed by atoms with Crippen molar-refractivity contribution in [3.63, 3.8) is 0 Å². The molecule has 38 heavy (non-hydrogen) atoms. The fourth-order valence-electron chi connectivity index (χ4n) is 4.58. The number of carbonyl (C=O) groups is 1. The molecule has 0 bridgehead atoms. The molecule has 4 aromatic rings. The summed E-state index contributed by atoms with van der Waals surface area (Å²) in [5, 5.41) is 5.14. The lowest BCUT2D eigenvalue weighted by molar-refractivity contribution is 0.102. The molecule has 0 spiro atoms. The minimum Gasteiger partial charge on any atom is -0.447 e. The second-order valence-electron chi connectivity index (χ2n) is 10.4. The number of carbonyl (C=O) groups excluding carboxylic acids is 1. The van der Waals surface area contributed by atoms with E-state index in [4.69, 9.17) is 21.0 Å². The molecule has 0 saturated heterocycles. The molecule has 0 radical (unpaired) electrons. The van der Waals surface area contributed by atoms with Gasteiger partial charge in [0.25, 0.3) is 5.91 Å². The number of amides is 1. The third kappa shape index (κ3) is 6.28.